The highest BCUT2D eigenvalue weighted by Gasteiger charge is 2.65. The number of hydrogen-bond donors (Lipinski definition) is 3. The van der Waals surface area contributed by atoms with Crippen molar-refractivity contribution in [2.45, 2.75) is 104 Å². The molecule has 5 fully saturated rings. The zero-order valence-electron chi connectivity index (χ0n) is 21.2. The van der Waals surface area contributed by atoms with Crippen LogP contribution in [-0.2, 0) is 4.79 Å². The number of carbonyl (C=O) groups is 1. The monoisotopic (exact) mass is 458 g/mol. The van der Waals surface area contributed by atoms with Gasteiger partial charge < -0.3 is 15.3 Å². The number of aliphatic hydroxyl groups excluding tert-OH is 3. The molecule has 186 valence electrons. The summed E-state index contributed by atoms with van der Waals surface area (Å²) < 4.78 is 0. The molecule has 0 heterocycles. The lowest BCUT2D eigenvalue weighted by atomic mass is 9.43. The van der Waals surface area contributed by atoms with Crippen LogP contribution in [-0.4, -0.2) is 39.4 Å². The molecule has 33 heavy (non-hydrogen) atoms. The van der Waals surface area contributed by atoms with E-state index in [0.29, 0.717) is 36.5 Å². The lowest BCUT2D eigenvalue weighted by Gasteiger charge is -2.62. The van der Waals surface area contributed by atoms with E-state index in [1.54, 1.807) is 0 Å². The van der Waals surface area contributed by atoms with E-state index in [1.165, 1.54) is 6.42 Å². The quantitative estimate of drug-likeness (QED) is 0.519. The third-order valence-electron chi connectivity index (χ3n) is 12.0. The van der Waals surface area contributed by atoms with Gasteiger partial charge in [-0.25, -0.2) is 0 Å². The SMILES string of the molecule is C=C([C@H](O)C[C@@H](C)[C@@H]1C[C@H]1C)[C@H]1CC[C@H]2[C@@H]3C[C@@H](O)[C@H]4CC(=O)CC[C@]4(C)[C@H]3C[C@@H](O)[C@]12C. The molecule has 5 aliphatic carbocycles. The Bertz CT molecular complexity index is 807. The Labute approximate surface area is 200 Å². The van der Waals surface area contributed by atoms with Gasteiger partial charge in [0.15, 0.2) is 0 Å². The van der Waals surface area contributed by atoms with Crippen LogP contribution in [0.5, 0.6) is 0 Å². The van der Waals surface area contributed by atoms with Crippen LogP contribution in [0.3, 0.4) is 0 Å². The van der Waals surface area contributed by atoms with Gasteiger partial charge in [0.2, 0.25) is 0 Å². The van der Waals surface area contributed by atoms with Crippen molar-refractivity contribution in [2.75, 3.05) is 0 Å². The second-order valence-electron chi connectivity index (χ2n) is 13.5. The number of hydrogen-bond acceptors (Lipinski definition) is 4. The van der Waals surface area contributed by atoms with Gasteiger partial charge in [0, 0.05) is 18.3 Å². The van der Waals surface area contributed by atoms with E-state index in [0.717, 1.165) is 55.9 Å². The molecular formula is C29H46O4. The van der Waals surface area contributed by atoms with E-state index in [1.807, 2.05) is 0 Å². The van der Waals surface area contributed by atoms with Crippen LogP contribution >= 0.6 is 0 Å². The number of ketones is 1. The summed E-state index contributed by atoms with van der Waals surface area (Å²) in [5.74, 6) is 3.57. The third-order valence-corrected chi connectivity index (χ3v) is 12.0. The highest BCUT2D eigenvalue weighted by Crippen LogP contribution is 2.68. The minimum atomic E-state index is -0.499. The normalized spacial score (nSPS) is 52.9. The van der Waals surface area contributed by atoms with Crippen LogP contribution in [0.2, 0.25) is 0 Å². The molecule has 4 nitrogen and oxygen atoms in total. The van der Waals surface area contributed by atoms with Crippen LogP contribution in [0.15, 0.2) is 12.2 Å². The van der Waals surface area contributed by atoms with Crippen molar-refractivity contribution < 1.29 is 20.1 Å². The van der Waals surface area contributed by atoms with Crippen LogP contribution in [0, 0.1) is 58.2 Å². The summed E-state index contributed by atoms with van der Waals surface area (Å²) in [6.07, 6.45) is 6.18. The van der Waals surface area contributed by atoms with Crippen LogP contribution in [0.4, 0.5) is 0 Å². The highest BCUT2D eigenvalue weighted by atomic mass is 16.3. The second kappa shape index (κ2) is 8.17. The first-order valence-corrected chi connectivity index (χ1v) is 13.7. The van der Waals surface area contributed by atoms with E-state index in [9.17, 15) is 20.1 Å². The molecule has 0 aromatic carbocycles. The molecule has 0 aromatic heterocycles. The largest absolute Gasteiger partial charge is 0.393 e. The minimum Gasteiger partial charge on any atom is -0.393 e. The molecular weight excluding hydrogens is 412 g/mol. The topological polar surface area (TPSA) is 77.8 Å². The summed E-state index contributed by atoms with van der Waals surface area (Å²) in [5, 5.41) is 34.0. The predicted octanol–water partition coefficient (Wildman–Crippen LogP) is 4.76. The Kier molecular flexibility index (Phi) is 5.94. The number of carbonyl (C=O) groups excluding carboxylic acids is 1. The first-order chi connectivity index (χ1) is 15.5. The molecule has 5 aliphatic rings. The molecule has 0 bridgehead atoms. The number of rotatable bonds is 5. The smallest absolute Gasteiger partial charge is 0.133 e. The molecule has 0 aromatic rings. The fourth-order valence-corrected chi connectivity index (χ4v) is 9.71. The zero-order chi connectivity index (χ0) is 23.9. The van der Waals surface area contributed by atoms with Crippen molar-refractivity contribution in [1.82, 2.24) is 0 Å². The van der Waals surface area contributed by atoms with E-state index >= 15 is 0 Å². The van der Waals surface area contributed by atoms with Crippen molar-refractivity contribution in [2.24, 2.45) is 58.2 Å². The maximum absolute atomic E-state index is 12.2. The van der Waals surface area contributed by atoms with Gasteiger partial charge in [-0.15, -0.1) is 0 Å². The predicted molar refractivity (Wildman–Crippen MR) is 129 cm³/mol. The van der Waals surface area contributed by atoms with Crippen LogP contribution in [0.25, 0.3) is 0 Å². The Morgan fingerprint density at radius 3 is 2.48 bits per heavy atom. The molecule has 0 radical (unpaired) electrons. The summed E-state index contributed by atoms with van der Waals surface area (Å²) in [7, 11) is 0. The van der Waals surface area contributed by atoms with Gasteiger partial charge in [0.25, 0.3) is 0 Å². The van der Waals surface area contributed by atoms with Crippen LogP contribution in [0.1, 0.15) is 85.5 Å². The maximum atomic E-state index is 12.2. The molecule has 13 atom stereocenters. The highest BCUT2D eigenvalue weighted by molar-refractivity contribution is 5.79. The van der Waals surface area contributed by atoms with E-state index in [4.69, 9.17) is 0 Å². The van der Waals surface area contributed by atoms with Crippen molar-refractivity contribution in [3.8, 4) is 0 Å². The molecule has 4 heteroatoms. The molecule has 0 spiro atoms. The van der Waals surface area contributed by atoms with Gasteiger partial charge >= 0.3 is 0 Å². The van der Waals surface area contributed by atoms with Crippen molar-refractivity contribution in [1.29, 1.82) is 0 Å². The molecule has 0 amide bonds. The van der Waals surface area contributed by atoms with Gasteiger partial charge in [-0.2, -0.15) is 0 Å². The summed E-state index contributed by atoms with van der Waals surface area (Å²) in [5.41, 5.74) is 0.577. The average Bonchev–Trinajstić information content (AvgIpc) is 3.38. The Hall–Kier alpha value is -0.710. The first kappa shape index (κ1) is 24.0. The fraction of sp³-hybridized carbons (Fsp3) is 0.897. The standard InChI is InChI=1S/C29H46O4/c1-15-10-19(15)16(2)11-25(31)17(3)21-6-7-22-20-13-26(32)24-12-18(30)8-9-28(24,4)23(20)14-27(33)29(21,22)5/h15-16,19-27,31-33H,3,6-14H2,1-2,4-5H3/t15-,16-,19-,20+,21-,22+,23+,24-,25-,26-,27-,28-,29-/m1/s1. The number of fused-ring (bicyclic) bond motifs is 5. The molecule has 5 saturated carbocycles. The molecule has 0 saturated heterocycles. The van der Waals surface area contributed by atoms with Crippen molar-refractivity contribution in [3.63, 3.8) is 0 Å². The van der Waals surface area contributed by atoms with Gasteiger partial charge in [-0.1, -0.05) is 34.3 Å². The first-order valence-electron chi connectivity index (χ1n) is 13.7. The Morgan fingerprint density at radius 2 is 1.82 bits per heavy atom. The summed E-state index contributed by atoms with van der Waals surface area (Å²) in [6, 6.07) is 0. The van der Waals surface area contributed by atoms with E-state index < -0.39 is 18.3 Å². The van der Waals surface area contributed by atoms with Gasteiger partial charge in [0.05, 0.1) is 18.3 Å². The molecule has 0 aliphatic heterocycles. The average molecular weight is 459 g/mol. The van der Waals surface area contributed by atoms with Crippen LogP contribution < -0.4 is 0 Å². The maximum Gasteiger partial charge on any atom is 0.133 e. The van der Waals surface area contributed by atoms with Crippen molar-refractivity contribution >= 4 is 5.78 Å². The summed E-state index contributed by atoms with van der Waals surface area (Å²) >= 11 is 0. The lowest BCUT2D eigenvalue weighted by molar-refractivity contribution is -0.190. The summed E-state index contributed by atoms with van der Waals surface area (Å²) in [4.78, 5) is 12.2. The minimum absolute atomic E-state index is 0.0387. The van der Waals surface area contributed by atoms with Gasteiger partial charge in [0.1, 0.15) is 5.78 Å². The van der Waals surface area contributed by atoms with E-state index in [2.05, 4.69) is 34.3 Å². The van der Waals surface area contributed by atoms with Gasteiger partial charge in [-0.3, -0.25) is 4.79 Å². The Morgan fingerprint density at radius 1 is 1.12 bits per heavy atom. The zero-order valence-corrected chi connectivity index (χ0v) is 21.2. The molecule has 5 rings (SSSR count). The fourth-order valence-electron chi connectivity index (χ4n) is 9.71. The third kappa shape index (κ3) is 3.61. The Balaban J connectivity index is 1.36. The number of aliphatic hydroxyl groups is 3. The second-order valence-corrected chi connectivity index (χ2v) is 13.5. The van der Waals surface area contributed by atoms with E-state index in [-0.39, 0.29) is 28.4 Å². The molecule has 0 unspecified atom stereocenters. The van der Waals surface area contributed by atoms with Gasteiger partial charge in [-0.05, 0) is 103 Å². The number of Topliss-reactive ketones (excluding diaryl/α,β-unsaturated/α-hetero) is 1. The van der Waals surface area contributed by atoms with Crippen molar-refractivity contribution in [3.05, 3.63) is 12.2 Å². The summed E-state index contributed by atoms with van der Waals surface area (Å²) in [6.45, 7) is 13.5. The lowest BCUT2D eigenvalue weighted by Crippen LogP contribution is -2.61. The molecule has 3 N–H and O–H groups in total.